The number of likely N-dealkylation sites (N-methyl/N-ethyl adjacent to an activating group) is 1. The first-order chi connectivity index (χ1) is 18.4. The van der Waals surface area contributed by atoms with Gasteiger partial charge in [0.15, 0.2) is 0 Å². The third kappa shape index (κ3) is 6.15. The van der Waals surface area contributed by atoms with Gasteiger partial charge in [0.1, 0.15) is 0 Å². The Kier molecular flexibility index (Phi) is 7.93. The predicted molar refractivity (Wildman–Crippen MR) is 155 cm³/mol. The van der Waals surface area contributed by atoms with E-state index in [1.165, 1.54) is 5.56 Å². The molecule has 2 heterocycles. The summed E-state index contributed by atoms with van der Waals surface area (Å²) in [5.74, 6) is -0.984. The number of halogens is 1. The zero-order valence-electron chi connectivity index (χ0n) is 21.3. The first-order valence-corrected chi connectivity index (χ1v) is 13.6. The van der Waals surface area contributed by atoms with Crippen molar-refractivity contribution in [3.8, 4) is 0 Å². The van der Waals surface area contributed by atoms with Crippen LogP contribution >= 0.6 is 15.9 Å². The van der Waals surface area contributed by atoms with Crippen molar-refractivity contribution in [3.05, 3.63) is 93.5 Å². The first-order valence-electron chi connectivity index (χ1n) is 12.8. The molecule has 2 aliphatic rings. The Morgan fingerprint density at radius 2 is 1.66 bits per heavy atom. The van der Waals surface area contributed by atoms with E-state index >= 15 is 0 Å². The number of carboxylic acid groups (broad SMARTS) is 1. The van der Waals surface area contributed by atoms with Crippen LogP contribution in [0.15, 0.2) is 71.2 Å². The molecular formula is C30H31BrN4O3. The summed E-state index contributed by atoms with van der Waals surface area (Å²) < 4.78 is 0.894. The maximum atomic E-state index is 13.2. The molecule has 0 aliphatic carbocycles. The number of fused-ring (bicyclic) bond motifs is 1. The van der Waals surface area contributed by atoms with Crippen molar-refractivity contribution in [2.75, 3.05) is 43.9 Å². The molecule has 3 aromatic carbocycles. The number of carbonyl (C=O) groups is 2. The van der Waals surface area contributed by atoms with Crippen LogP contribution in [-0.4, -0.2) is 60.0 Å². The SMILES string of the molecule is CN1CCN(Cc2ccc(NC(=C3C(=O)Nc4cc(Br)ccc43)c3ccc(CCC(=O)O)cc3)cc2)CC1. The smallest absolute Gasteiger partial charge is 0.303 e. The van der Waals surface area contributed by atoms with Gasteiger partial charge in [0.05, 0.1) is 17.0 Å². The number of rotatable bonds is 8. The van der Waals surface area contributed by atoms with E-state index in [0.29, 0.717) is 17.7 Å². The average Bonchev–Trinajstić information content (AvgIpc) is 3.23. The highest BCUT2D eigenvalue weighted by Crippen LogP contribution is 2.39. The van der Waals surface area contributed by atoms with Crippen molar-refractivity contribution in [2.45, 2.75) is 19.4 Å². The van der Waals surface area contributed by atoms with Crippen LogP contribution in [0.3, 0.4) is 0 Å². The molecule has 8 heteroatoms. The van der Waals surface area contributed by atoms with Crippen molar-refractivity contribution in [1.82, 2.24) is 9.80 Å². The molecule has 0 saturated carbocycles. The summed E-state index contributed by atoms with van der Waals surface area (Å²) in [5.41, 5.74) is 6.82. The van der Waals surface area contributed by atoms with Gasteiger partial charge >= 0.3 is 5.97 Å². The van der Waals surface area contributed by atoms with Crippen LogP contribution in [0.4, 0.5) is 11.4 Å². The maximum Gasteiger partial charge on any atom is 0.303 e. The normalized spacial score (nSPS) is 17.2. The summed E-state index contributed by atoms with van der Waals surface area (Å²) in [6.07, 6.45) is 0.539. The molecule has 0 bridgehead atoms. The fraction of sp³-hybridized carbons (Fsp3) is 0.267. The molecule has 3 aromatic rings. The molecule has 0 radical (unpaired) electrons. The number of hydrogen-bond acceptors (Lipinski definition) is 5. The van der Waals surface area contributed by atoms with Crippen molar-refractivity contribution in [1.29, 1.82) is 0 Å². The van der Waals surface area contributed by atoms with E-state index in [-0.39, 0.29) is 12.3 Å². The molecule has 7 nitrogen and oxygen atoms in total. The lowest BCUT2D eigenvalue weighted by Crippen LogP contribution is -2.43. The largest absolute Gasteiger partial charge is 0.481 e. The van der Waals surface area contributed by atoms with Gasteiger partial charge in [-0.05, 0) is 54.4 Å². The Bertz CT molecular complexity index is 1360. The lowest BCUT2D eigenvalue weighted by Gasteiger charge is -2.32. The van der Waals surface area contributed by atoms with Crippen molar-refractivity contribution < 1.29 is 14.7 Å². The number of hydrogen-bond donors (Lipinski definition) is 3. The van der Waals surface area contributed by atoms with E-state index in [2.05, 4.69) is 67.7 Å². The van der Waals surface area contributed by atoms with Crippen LogP contribution in [0, 0.1) is 0 Å². The van der Waals surface area contributed by atoms with Gasteiger partial charge in [-0.3, -0.25) is 14.5 Å². The van der Waals surface area contributed by atoms with Gasteiger partial charge in [0.2, 0.25) is 0 Å². The summed E-state index contributed by atoms with van der Waals surface area (Å²) in [5, 5.41) is 15.5. The number of nitrogens with zero attached hydrogens (tertiary/aromatic N) is 2. The molecule has 0 atom stereocenters. The van der Waals surface area contributed by atoms with E-state index in [4.69, 9.17) is 5.11 Å². The molecule has 1 fully saturated rings. The van der Waals surface area contributed by atoms with Crippen LogP contribution in [0.25, 0.3) is 11.3 Å². The number of carboxylic acids is 1. The lowest BCUT2D eigenvalue weighted by molar-refractivity contribution is -0.137. The molecule has 196 valence electrons. The van der Waals surface area contributed by atoms with Gasteiger partial charge in [-0.2, -0.15) is 0 Å². The fourth-order valence-corrected chi connectivity index (χ4v) is 5.22. The molecule has 1 amide bonds. The second-order valence-corrected chi connectivity index (χ2v) is 10.8. The molecule has 2 aliphatic heterocycles. The Morgan fingerprint density at radius 1 is 0.974 bits per heavy atom. The van der Waals surface area contributed by atoms with Gasteiger partial charge in [-0.1, -0.05) is 58.4 Å². The van der Waals surface area contributed by atoms with Crippen LogP contribution in [0.5, 0.6) is 0 Å². The topological polar surface area (TPSA) is 84.9 Å². The molecular weight excluding hydrogens is 544 g/mol. The van der Waals surface area contributed by atoms with Gasteiger partial charge in [-0.15, -0.1) is 0 Å². The summed E-state index contributed by atoms with van der Waals surface area (Å²) >= 11 is 3.49. The Morgan fingerprint density at radius 3 is 2.34 bits per heavy atom. The van der Waals surface area contributed by atoms with Crippen molar-refractivity contribution >= 4 is 50.5 Å². The monoisotopic (exact) mass is 574 g/mol. The molecule has 5 rings (SSSR count). The zero-order chi connectivity index (χ0) is 26.6. The van der Waals surface area contributed by atoms with Crippen molar-refractivity contribution in [2.24, 2.45) is 0 Å². The summed E-state index contributed by atoms with van der Waals surface area (Å²) in [4.78, 5) is 29.0. The minimum absolute atomic E-state index is 0.0800. The second kappa shape index (κ2) is 11.5. The van der Waals surface area contributed by atoms with Crippen molar-refractivity contribution in [3.63, 3.8) is 0 Å². The highest BCUT2D eigenvalue weighted by atomic mass is 79.9. The van der Waals surface area contributed by atoms with Gasteiger partial charge in [-0.25, -0.2) is 0 Å². The zero-order valence-corrected chi connectivity index (χ0v) is 22.9. The summed E-state index contributed by atoms with van der Waals surface area (Å²) in [6, 6.07) is 21.9. The highest BCUT2D eigenvalue weighted by Gasteiger charge is 2.28. The lowest BCUT2D eigenvalue weighted by atomic mass is 9.98. The standard InChI is InChI=1S/C30H31BrN4O3/c1-34-14-16-35(17-15-34)19-21-4-10-24(11-5-21)32-29(22-7-2-20(3-8-22)6-13-27(36)37)28-25-12-9-23(31)18-26(25)33-30(28)38/h2-5,7-12,18,32H,6,13-17,19H2,1H3,(H,33,38)(H,36,37). The molecule has 1 saturated heterocycles. The highest BCUT2D eigenvalue weighted by molar-refractivity contribution is 9.10. The summed E-state index contributed by atoms with van der Waals surface area (Å²) in [7, 11) is 2.16. The minimum Gasteiger partial charge on any atom is -0.481 e. The fourth-order valence-electron chi connectivity index (χ4n) is 4.86. The Hall–Kier alpha value is -3.46. The third-order valence-electron chi connectivity index (χ3n) is 7.07. The Labute approximate surface area is 231 Å². The van der Waals surface area contributed by atoms with Crippen LogP contribution in [0.1, 0.15) is 28.7 Å². The van der Waals surface area contributed by atoms with E-state index in [9.17, 15) is 9.59 Å². The number of piperazine rings is 1. The third-order valence-corrected chi connectivity index (χ3v) is 7.56. The molecule has 0 spiro atoms. The quantitative estimate of drug-likeness (QED) is 0.323. The summed E-state index contributed by atoms with van der Waals surface area (Å²) in [6.45, 7) is 5.24. The van der Waals surface area contributed by atoms with Crippen LogP contribution < -0.4 is 10.6 Å². The number of nitrogens with one attached hydrogen (secondary N) is 2. The van der Waals surface area contributed by atoms with E-state index in [1.54, 1.807) is 0 Å². The number of aryl methyl sites for hydroxylation is 1. The minimum atomic E-state index is -0.819. The molecule has 3 N–H and O–H groups in total. The number of anilines is 2. The van der Waals surface area contributed by atoms with E-state index in [1.807, 2.05) is 42.5 Å². The van der Waals surface area contributed by atoms with E-state index < -0.39 is 5.97 Å². The maximum absolute atomic E-state index is 13.2. The average molecular weight is 576 g/mol. The van der Waals surface area contributed by atoms with Gasteiger partial charge in [0.25, 0.3) is 5.91 Å². The number of benzene rings is 3. The van der Waals surface area contributed by atoms with Crippen LogP contribution in [-0.2, 0) is 22.6 Å². The number of carbonyl (C=O) groups excluding carboxylic acids is 1. The molecule has 38 heavy (non-hydrogen) atoms. The first kappa shape index (κ1) is 26.2. The van der Waals surface area contributed by atoms with Gasteiger partial charge in [0, 0.05) is 54.9 Å². The number of aliphatic carboxylic acids is 1. The predicted octanol–water partition coefficient (Wildman–Crippen LogP) is 5.15. The molecule has 0 unspecified atom stereocenters. The van der Waals surface area contributed by atoms with Gasteiger partial charge < -0.3 is 20.6 Å². The number of amides is 1. The Balaban J connectivity index is 1.44. The van der Waals surface area contributed by atoms with Crippen LogP contribution in [0.2, 0.25) is 0 Å². The molecule has 0 aromatic heterocycles. The second-order valence-electron chi connectivity index (χ2n) is 9.89. The van der Waals surface area contributed by atoms with E-state index in [0.717, 1.165) is 65.3 Å².